The minimum absolute atomic E-state index is 0.0156. The molecule has 1 aromatic rings. The van der Waals surface area contributed by atoms with Crippen LogP contribution in [-0.4, -0.2) is 23.9 Å². The highest BCUT2D eigenvalue weighted by Gasteiger charge is 2.21. The Bertz CT molecular complexity index is 526. The number of hydrogen-bond donors (Lipinski definition) is 1. The first kappa shape index (κ1) is 12.5. The van der Waals surface area contributed by atoms with Crippen LogP contribution in [0.1, 0.15) is 23.7 Å². The van der Waals surface area contributed by atoms with E-state index in [1.807, 2.05) is 13.0 Å². The zero-order valence-corrected chi connectivity index (χ0v) is 10.0. The van der Waals surface area contributed by atoms with Gasteiger partial charge >= 0.3 is 0 Å². The van der Waals surface area contributed by atoms with Crippen molar-refractivity contribution in [3.8, 4) is 0 Å². The summed E-state index contributed by atoms with van der Waals surface area (Å²) in [7, 11) is 0. The fraction of sp³-hybridized carbons (Fsp3) is 0.308. The van der Waals surface area contributed by atoms with Crippen LogP contribution in [0.5, 0.6) is 0 Å². The Morgan fingerprint density at radius 1 is 1.33 bits per heavy atom. The summed E-state index contributed by atoms with van der Waals surface area (Å²) in [6.45, 7) is 3.04. The van der Waals surface area contributed by atoms with Crippen molar-refractivity contribution in [2.75, 3.05) is 18.8 Å². The Morgan fingerprint density at radius 2 is 2.00 bits per heavy atom. The minimum Gasteiger partial charge on any atom is -0.398 e. The molecule has 1 aromatic carbocycles. The van der Waals surface area contributed by atoms with E-state index in [9.17, 15) is 13.6 Å². The van der Waals surface area contributed by atoms with E-state index < -0.39 is 11.6 Å². The highest BCUT2D eigenvalue weighted by Crippen LogP contribution is 2.20. The van der Waals surface area contributed by atoms with Crippen molar-refractivity contribution in [1.29, 1.82) is 0 Å². The Morgan fingerprint density at radius 3 is 2.61 bits per heavy atom. The van der Waals surface area contributed by atoms with Gasteiger partial charge < -0.3 is 10.6 Å². The van der Waals surface area contributed by atoms with E-state index >= 15 is 0 Å². The highest BCUT2D eigenvalue weighted by molar-refractivity contribution is 5.99. The summed E-state index contributed by atoms with van der Waals surface area (Å²) in [5, 5.41) is 0. The SMILES string of the molecule is CC1=CCN(C(=O)c2cc(F)c(F)cc2N)CC1. The highest BCUT2D eigenvalue weighted by atomic mass is 19.2. The van der Waals surface area contributed by atoms with Gasteiger partial charge in [0.15, 0.2) is 11.6 Å². The molecule has 2 N–H and O–H groups in total. The second-order valence-electron chi connectivity index (χ2n) is 4.41. The fourth-order valence-electron chi connectivity index (χ4n) is 1.87. The van der Waals surface area contributed by atoms with Crippen molar-refractivity contribution in [1.82, 2.24) is 4.90 Å². The molecule has 0 spiro atoms. The first-order valence-corrected chi connectivity index (χ1v) is 5.68. The summed E-state index contributed by atoms with van der Waals surface area (Å²) >= 11 is 0. The maximum atomic E-state index is 13.1. The average molecular weight is 252 g/mol. The lowest BCUT2D eigenvalue weighted by molar-refractivity contribution is 0.0769. The molecule has 18 heavy (non-hydrogen) atoms. The standard InChI is InChI=1S/C13H14F2N2O/c1-8-2-4-17(5-3-8)13(18)9-6-10(14)11(15)7-12(9)16/h2,6-7H,3-5,16H2,1H3. The number of anilines is 1. The van der Waals surface area contributed by atoms with Gasteiger partial charge in [0.2, 0.25) is 0 Å². The largest absolute Gasteiger partial charge is 0.398 e. The van der Waals surface area contributed by atoms with Crippen molar-refractivity contribution >= 4 is 11.6 Å². The Hall–Kier alpha value is -1.91. The van der Waals surface area contributed by atoms with Gasteiger partial charge in [-0.15, -0.1) is 0 Å². The van der Waals surface area contributed by atoms with E-state index in [0.29, 0.717) is 13.1 Å². The van der Waals surface area contributed by atoms with Crippen molar-refractivity contribution in [3.05, 3.63) is 41.0 Å². The Labute approximate surface area is 104 Å². The van der Waals surface area contributed by atoms with Crippen LogP contribution in [0, 0.1) is 11.6 Å². The van der Waals surface area contributed by atoms with Crippen LogP contribution in [0.2, 0.25) is 0 Å². The van der Waals surface area contributed by atoms with Gasteiger partial charge in [-0.3, -0.25) is 4.79 Å². The van der Waals surface area contributed by atoms with Gasteiger partial charge in [-0.25, -0.2) is 8.78 Å². The van der Waals surface area contributed by atoms with Crippen molar-refractivity contribution in [2.24, 2.45) is 0 Å². The van der Waals surface area contributed by atoms with E-state index in [0.717, 1.165) is 18.6 Å². The summed E-state index contributed by atoms with van der Waals surface area (Å²) in [6, 6.07) is 1.70. The van der Waals surface area contributed by atoms with Gasteiger partial charge in [0.1, 0.15) is 0 Å². The monoisotopic (exact) mass is 252 g/mol. The zero-order valence-electron chi connectivity index (χ0n) is 10.0. The summed E-state index contributed by atoms with van der Waals surface area (Å²) in [6.07, 6.45) is 2.73. The molecule has 1 heterocycles. The van der Waals surface area contributed by atoms with Crippen molar-refractivity contribution in [3.63, 3.8) is 0 Å². The summed E-state index contributed by atoms with van der Waals surface area (Å²) in [4.78, 5) is 13.7. The number of hydrogen-bond acceptors (Lipinski definition) is 2. The number of nitrogen functional groups attached to an aromatic ring is 1. The summed E-state index contributed by atoms with van der Waals surface area (Å²) in [5.41, 5.74) is 6.75. The molecular weight excluding hydrogens is 238 g/mol. The molecule has 2 rings (SSSR count). The fourth-order valence-corrected chi connectivity index (χ4v) is 1.87. The summed E-state index contributed by atoms with van der Waals surface area (Å²) < 4.78 is 26.1. The number of halogens is 2. The Balaban J connectivity index is 2.27. The minimum atomic E-state index is -1.06. The van der Waals surface area contributed by atoms with Gasteiger partial charge in [0.05, 0.1) is 5.56 Å². The van der Waals surface area contributed by atoms with E-state index in [4.69, 9.17) is 5.73 Å². The molecule has 3 nitrogen and oxygen atoms in total. The molecule has 0 bridgehead atoms. The van der Waals surface area contributed by atoms with Crippen LogP contribution in [-0.2, 0) is 0 Å². The smallest absolute Gasteiger partial charge is 0.256 e. The number of nitrogens with two attached hydrogens (primary N) is 1. The third-order valence-corrected chi connectivity index (χ3v) is 3.05. The molecule has 1 aliphatic rings. The van der Waals surface area contributed by atoms with Crippen LogP contribution in [0.3, 0.4) is 0 Å². The number of rotatable bonds is 1. The first-order valence-electron chi connectivity index (χ1n) is 5.68. The van der Waals surface area contributed by atoms with E-state index in [1.165, 1.54) is 5.57 Å². The third-order valence-electron chi connectivity index (χ3n) is 3.05. The molecule has 0 radical (unpaired) electrons. The van der Waals surface area contributed by atoms with E-state index in [2.05, 4.69) is 0 Å². The van der Waals surface area contributed by atoms with Gasteiger partial charge in [-0.2, -0.15) is 0 Å². The van der Waals surface area contributed by atoms with Crippen LogP contribution in [0.25, 0.3) is 0 Å². The number of nitrogens with zero attached hydrogens (tertiary/aromatic N) is 1. The molecule has 1 amide bonds. The van der Waals surface area contributed by atoms with Gasteiger partial charge in [0, 0.05) is 24.8 Å². The van der Waals surface area contributed by atoms with E-state index in [1.54, 1.807) is 4.90 Å². The first-order chi connectivity index (χ1) is 8.49. The van der Waals surface area contributed by atoms with E-state index in [-0.39, 0.29) is 17.2 Å². The number of carbonyl (C=O) groups is 1. The average Bonchev–Trinajstić information content (AvgIpc) is 2.34. The second kappa shape index (κ2) is 4.76. The van der Waals surface area contributed by atoms with Crippen LogP contribution < -0.4 is 5.73 Å². The summed E-state index contributed by atoms with van der Waals surface area (Å²) in [5.74, 6) is -2.47. The molecule has 1 aliphatic heterocycles. The molecule has 0 aliphatic carbocycles. The molecule has 0 saturated heterocycles. The number of amides is 1. The quantitative estimate of drug-likeness (QED) is 0.616. The topological polar surface area (TPSA) is 46.3 Å². The van der Waals surface area contributed by atoms with Crippen molar-refractivity contribution < 1.29 is 13.6 Å². The lowest BCUT2D eigenvalue weighted by atomic mass is 10.1. The number of benzene rings is 1. The van der Waals surface area contributed by atoms with Gasteiger partial charge in [0.25, 0.3) is 5.91 Å². The zero-order chi connectivity index (χ0) is 13.3. The van der Waals surface area contributed by atoms with Crippen LogP contribution >= 0.6 is 0 Å². The normalized spacial score (nSPS) is 15.5. The van der Waals surface area contributed by atoms with Crippen molar-refractivity contribution in [2.45, 2.75) is 13.3 Å². The molecular formula is C13H14F2N2O. The lowest BCUT2D eigenvalue weighted by Crippen LogP contribution is -2.35. The predicted molar refractivity (Wildman–Crippen MR) is 65.0 cm³/mol. The molecule has 5 heteroatoms. The molecule has 0 unspecified atom stereocenters. The second-order valence-corrected chi connectivity index (χ2v) is 4.41. The molecule has 0 aromatic heterocycles. The maximum Gasteiger partial charge on any atom is 0.256 e. The van der Waals surface area contributed by atoms with Gasteiger partial charge in [-0.05, 0) is 19.4 Å². The van der Waals surface area contributed by atoms with Crippen LogP contribution in [0.4, 0.5) is 14.5 Å². The predicted octanol–water partition coefficient (Wildman–Crippen LogP) is 2.34. The number of carbonyl (C=O) groups excluding carboxylic acids is 1. The molecule has 0 fully saturated rings. The molecule has 0 atom stereocenters. The molecule has 96 valence electrons. The third kappa shape index (κ3) is 2.34. The lowest BCUT2D eigenvalue weighted by Gasteiger charge is -2.26. The maximum absolute atomic E-state index is 13.1. The Kier molecular flexibility index (Phi) is 3.32. The molecule has 0 saturated carbocycles. The van der Waals surface area contributed by atoms with Crippen LogP contribution in [0.15, 0.2) is 23.8 Å². The van der Waals surface area contributed by atoms with Gasteiger partial charge in [-0.1, -0.05) is 11.6 Å².